The van der Waals surface area contributed by atoms with Gasteiger partial charge in [-0.15, -0.1) is 0 Å². The zero-order valence-electron chi connectivity index (χ0n) is 18.4. The van der Waals surface area contributed by atoms with Gasteiger partial charge in [-0.1, -0.05) is 18.2 Å². The van der Waals surface area contributed by atoms with Gasteiger partial charge in [-0.05, 0) is 83.4 Å². The molecular formula is C26H22BrNO5. The first-order valence-corrected chi connectivity index (χ1v) is 11.1. The van der Waals surface area contributed by atoms with E-state index >= 15 is 0 Å². The summed E-state index contributed by atoms with van der Waals surface area (Å²) in [4.78, 5) is 26.0. The van der Waals surface area contributed by atoms with Crippen molar-refractivity contribution in [2.45, 2.75) is 13.8 Å². The monoisotopic (exact) mass is 507 g/mol. The van der Waals surface area contributed by atoms with Crippen LogP contribution in [0.2, 0.25) is 0 Å². The van der Waals surface area contributed by atoms with Crippen molar-refractivity contribution in [2.75, 3.05) is 19.0 Å². The normalized spacial score (nSPS) is 10.8. The number of ketones is 1. The fourth-order valence-electron chi connectivity index (χ4n) is 3.40. The number of anilines is 1. The van der Waals surface area contributed by atoms with Gasteiger partial charge in [0.2, 0.25) is 5.78 Å². The van der Waals surface area contributed by atoms with Gasteiger partial charge < -0.3 is 19.2 Å². The Hall–Kier alpha value is -3.58. The smallest absolute Gasteiger partial charge is 0.262 e. The van der Waals surface area contributed by atoms with Gasteiger partial charge >= 0.3 is 0 Å². The van der Waals surface area contributed by atoms with Crippen LogP contribution in [0.4, 0.5) is 5.69 Å². The maximum atomic E-state index is 13.3. The molecule has 6 nitrogen and oxygen atoms in total. The van der Waals surface area contributed by atoms with E-state index in [2.05, 4.69) is 21.2 Å². The number of fused-ring (bicyclic) bond motifs is 1. The number of hydrogen-bond donors (Lipinski definition) is 1. The van der Waals surface area contributed by atoms with Gasteiger partial charge in [0.1, 0.15) is 17.1 Å². The van der Waals surface area contributed by atoms with Crippen molar-refractivity contribution < 1.29 is 23.5 Å². The lowest BCUT2D eigenvalue weighted by atomic mass is 10.1. The molecule has 0 atom stereocenters. The SMILES string of the molecule is COc1ccc(C(=O)c2oc3ccccc3c2NC(=O)COc2ccc(C)c(C)c2)cc1Br. The minimum absolute atomic E-state index is 0.0489. The van der Waals surface area contributed by atoms with Crippen molar-refractivity contribution in [3.8, 4) is 11.5 Å². The lowest BCUT2D eigenvalue weighted by Crippen LogP contribution is -2.21. The molecule has 4 rings (SSSR count). The third-order valence-electron chi connectivity index (χ3n) is 5.33. The number of aryl methyl sites for hydroxylation is 2. The number of hydrogen-bond acceptors (Lipinski definition) is 5. The summed E-state index contributed by atoms with van der Waals surface area (Å²) in [5.74, 6) is 0.496. The van der Waals surface area contributed by atoms with Gasteiger partial charge in [-0.25, -0.2) is 0 Å². The molecule has 0 spiro atoms. The van der Waals surface area contributed by atoms with Crippen molar-refractivity contribution in [3.05, 3.63) is 87.6 Å². The molecule has 0 saturated carbocycles. The lowest BCUT2D eigenvalue weighted by Gasteiger charge is -2.10. The predicted molar refractivity (Wildman–Crippen MR) is 130 cm³/mol. The second kappa shape index (κ2) is 9.50. The highest BCUT2D eigenvalue weighted by atomic mass is 79.9. The molecule has 7 heteroatoms. The Morgan fingerprint density at radius 2 is 1.79 bits per heavy atom. The highest BCUT2D eigenvalue weighted by Gasteiger charge is 2.24. The van der Waals surface area contributed by atoms with Crippen LogP contribution in [0.5, 0.6) is 11.5 Å². The average molecular weight is 508 g/mol. The van der Waals surface area contributed by atoms with Crippen LogP contribution in [0, 0.1) is 13.8 Å². The van der Waals surface area contributed by atoms with E-state index in [9.17, 15) is 9.59 Å². The number of furan rings is 1. The van der Waals surface area contributed by atoms with Gasteiger partial charge in [0.25, 0.3) is 5.91 Å². The van der Waals surface area contributed by atoms with Crippen molar-refractivity contribution >= 4 is 44.3 Å². The van der Waals surface area contributed by atoms with E-state index in [1.807, 2.05) is 38.1 Å². The Morgan fingerprint density at radius 1 is 1.00 bits per heavy atom. The van der Waals surface area contributed by atoms with E-state index in [4.69, 9.17) is 13.9 Å². The predicted octanol–water partition coefficient (Wildman–Crippen LogP) is 6.07. The third-order valence-corrected chi connectivity index (χ3v) is 5.95. The topological polar surface area (TPSA) is 77.8 Å². The molecular weight excluding hydrogens is 486 g/mol. The Morgan fingerprint density at radius 3 is 2.52 bits per heavy atom. The summed E-state index contributed by atoms with van der Waals surface area (Å²) in [5.41, 5.74) is 3.43. The van der Waals surface area contributed by atoms with Crippen molar-refractivity contribution in [1.29, 1.82) is 0 Å². The van der Waals surface area contributed by atoms with Gasteiger partial charge in [-0.2, -0.15) is 0 Å². The van der Waals surface area contributed by atoms with Crippen LogP contribution in [-0.2, 0) is 4.79 Å². The molecule has 1 N–H and O–H groups in total. The molecule has 4 aromatic rings. The van der Waals surface area contributed by atoms with Crippen LogP contribution in [0.1, 0.15) is 27.2 Å². The fraction of sp³-hybridized carbons (Fsp3) is 0.154. The molecule has 33 heavy (non-hydrogen) atoms. The number of para-hydroxylation sites is 1. The molecule has 0 aliphatic heterocycles. The van der Waals surface area contributed by atoms with Crippen LogP contribution < -0.4 is 14.8 Å². The number of methoxy groups -OCH3 is 1. The Balaban J connectivity index is 1.60. The van der Waals surface area contributed by atoms with Crippen LogP contribution >= 0.6 is 15.9 Å². The number of ether oxygens (including phenoxy) is 2. The summed E-state index contributed by atoms with van der Waals surface area (Å²) < 4.78 is 17.4. The van der Waals surface area contributed by atoms with Crippen LogP contribution in [0.3, 0.4) is 0 Å². The summed E-state index contributed by atoms with van der Waals surface area (Å²) in [6.07, 6.45) is 0. The molecule has 168 valence electrons. The summed E-state index contributed by atoms with van der Waals surface area (Å²) in [6.45, 7) is 3.79. The van der Waals surface area contributed by atoms with E-state index < -0.39 is 5.91 Å². The lowest BCUT2D eigenvalue weighted by molar-refractivity contribution is -0.118. The maximum absolute atomic E-state index is 13.3. The first kappa shape index (κ1) is 22.6. The minimum Gasteiger partial charge on any atom is -0.496 e. The van der Waals surface area contributed by atoms with Gasteiger partial charge in [0.15, 0.2) is 12.4 Å². The summed E-state index contributed by atoms with van der Waals surface area (Å²) in [5, 5.41) is 3.44. The van der Waals surface area contributed by atoms with E-state index in [0.717, 1.165) is 11.1 Å². The van der Waals surface area contributed by atoms with E-state index in [1.165, 1.54) is 0 Å². The standard InChI is InChI=1S/C26H22BrNO5/c1-15-8-10-18(12-16(15)2)32-14-23(29)28-24-19-6-4-5-7-21(19)33-26(24)25(30)17-9-11-22(31-3)20(27)13-17/h4-13H,14H2,1-3H3,(H,28,29). The zero-order chi connectivity index (χ0) is 23.5. The van der Waals surface area contributed by atoms with Crippen molar-refractivity contribution in [2.24, 2.45) is 0 Å². The molecule has 0 aliphatic rings. The Kier molecular flexibility index (Phi) is 6.51. The highest BCUT2D eigenvalue weighted by molar-refractivity contribution is 9.10. The Bertz CT molecular complexity index is 1360. The van der Waals surface area contributed by atoms with Crippen LogP contribution in [0.25, 0.3) is 11.0 Å². The number of nitrogens with one attached hydrogen (secondary N) is 1. The zero-order valence-corrected chi connectivity index (χ0v) is 20.0. The number of rotatable bonds is 7. The number of halogens is 1. The first-order chi connectivity index (χ1) is 15.9. The second-order valence-corrected chi connectivity index (χ2v) is 8.42. The Labute approximate surface area is 199 Å². The number of amides is 1. The minimum atomic E-state index is -0.398. The largest absolute Gasteiger partial charge is 0.496 e. The quantitative estimate of drug-likeness (QED) is 0.307. The molecule has 0 saturated heterocycles. The molecule has 3 aromatic carbocycles. The molecule has 0 bridgehead atoms. The van der Waals surface area contributed by atoms with Crippen LogP contribution in [0.15, 0.2) is 69.6 Å². The third kappa shape index (κ3) is 4.78. The molecule has 1 amide bonds. The summed E-state index contributed by atoms with van der Waals surface area (Å²) in [6, 6.07) is 17.8. The van der Waals surface area contributed by atoms with E-state index in [0.29, 0.717) is 38.2 Å². The summed E-state index contributed by atoms with van der Waals surface area (Å²) in [7, 11) is 1.55. The van der Waals surface area contributed by atoms with E-state index in [-0.39, 0.29) is 18.2 Å². The molecule has 1 aromatic heterocycles. The second-order valence-electron chi connectivity index (χ2n) is 7.56. The van der Waals surface area contributed by atoms with Crippen molar-refractivity contribution in [1.82, 2.24) is 0 Å². The number of carbonyl (C=O) groups excluding carboxylic acids is 2. The number of carbonyl (C=O) groups is 2. The first-order valence-electron chi connectivity index (χ1n) is 10.3. The van der Waals surface area contributed by atoms with Crippen LogP contribution in [-0.4, -0.2) is 25.4 Å². The number of benzene rings is 3. The molecule has 0 radical (unpaired) electrons. The van der Waals surface area contributed by atoms with Gasteiger partial charge in [0.05, 0.1) is 17.3 Å². The van der Waals surface area contributed by atoms with Crippen molar-refractivity contribution in [3.63, 3.8) is 0 Å². The molecule has 0 fully saturated rings. The van der Waals surface area contributed by atoms with E-state index in [1.54, 1.807) is 43.5 Å². The van der Waals surface area contributed by atoms with Gasteiger partial charge in [-0.3, -0.25) is 9.59 Å². The van der Waals surface area contributed by atoms with Gasteiger partial charge in [0, 0.05) is 10.9 Å². The summed E-state index contributed by atoms with van der Waals surface area (Å²) >= 11 is 3.40. The molecule has 0 unspecified atom stereocenters. The average Bonchev–Trinajstić information content (AvgIpc) is 3.17. The maximum Gasteiger partial charge on any atom is 0.262 e. The molecule has 0 aliphatic carbocycles. The highest BCUT2D eigenvalue weighted by Crippen LogP contribution is 2.34. The fourth-order valence-corrected chi connectivity index (χ4v) is 3.94. The molecule has 1 heterocycles.